The maximum atomic E-state index is 11.5. The number of rotatable bonds is 7. The predicted octanol–water partition coefficient (Wildman–Crippen LogP) is 2.16. The first-order valence-corrected chi connectivity index (χ1v) is 7.36. The number of methoxy groups -OCH3 is 1. The van der Waals surface area contributed by atoms with Crippen molar-refractivity contribution in [3.05, 3.63) is 11.6 Å². The van der Waals surface area contributed by atoms with Crippen LogP contribution in [0.1, 0.15) is 20.3 Å². The van der Waals surface area contributed by atoms with E-state index in [0.717, 1.165) is 16.5 Å². The van der Waals surface area contributed by atoms with Crippen LogP contribution in [0.15, 0.2) is 15.9 Å². The van der Waals surface area contributed by atoms with Gasteiger partial charge in [-0.05, 0) is 6.42 Å². The molecule has 0 bridgehead atoms. The van der Waals surface area contributed by atoms with Gasteiger partial charge in [0.25, 0.3) is 0 Å². The van der Waals surface area contributed by atoms with Crippen LogP contribution in [0, 0.1) is 0 Å². The van der Waals surface area contributed by atoms with Crippen molar-refractivity contribution in [1.82, 2.24) is 10.3 Å². The molecule has 0 radical (unpaired) electrons. The van der Waals surface area contributed by atoms with Gasteiger partial charge in [-0.1, -0.05) is 25.6 Å². The summed E-state index contributed by atoms with van der Waals surface area (Å²) < 4.78 is 5.82. The van der Waals surface area contributed by atoms with E-state index in [0.29, 0.717) is 0 Å². The Labute approximate surface area is 110 Å². The van der Waals surface area contributed by atoms with Crippen LogP contribution in [-0.2, 0) is 9.53 Å². The molecule has 0 aliphatic rings. The zero-order valence-corrected chi connectivity index (χ0v) is 11.9. The number of thioether (sulfide) groups is 1. The molecule has 0 fully saturated rings. The first kappa shape index (κ1) is 14.5. The summed E-state index contributed by atoms with van der Waals surface area (Å²) in [4.78, 5) is 15.7. The van der Waals surface area contributed by atoms with Gasteiger partial charge in [-0.25, -0.2) is 4.98 Å². The minimum absolute atomic E-state index is 0.196. The molecule has 1 N–H and O–H groups in total. The predicted molar refractivity (Wildman–Crippen MR) is 71.5 cm³/mol. The van der Waals surface area contributed by atoms with Crippen LogP contribution in [-0.4, -0.2) is 35.9 Å². The van der Waals surface area contributed by atoms with Crippen LogP contribution in [0.25, 0.3) is 0 Å². The number of carbonyl (C=O) groups is 1. The zero-order chi connectivity index (χ0) is 12.7. The molecule has 0 saturated carbocycles. The van der Waals surface area contributed by atoms with Crippen LogP contribution in [0.3, 0.4) is 0 Å². The smallest absolute Gasteiger partial charge is 0.322 e. The van der Waals surface area contributed by atoms with Crippen LogP contribution < -0.4 is 5.32 Å². The zero-order valence-electron chi connectivity index (χ0n) is 10.3. The average molecular weight is 274 g/mol. The number of nitrogens with one attached hydrogen (secondary N) is 1. The SMILES string of the molecule is COC(=O)C(CCSc1nccs1)NC(C)C. The van der Waals surface area contributed by atoms with E-state index in [-0.39, 0.29) is 18.1 Å². The summed E-state index contributed by atoms with van der Waals surface area (Å²) in [6.07, 6.45) is 2.53. The molecule has 1 aromatic heterocycles. The number of hydrogen-bond donors (Lipinski definition) is 1. The third kappa shape index (κ3) is 5.52. The maximum Gasteiger partial charge on any atom is 0.322 e. The van der Waals surface area contributed by atoms with Crippen LogP contribution >= 0.6 is 23.1 Å². The molecule has 4 nitrogen and oxygen atoms in total. The van der Waals surface area contributed by atoms with E-state index in [9.17, 15) is 4.79 Å². The quantitative estimate of drug-likeness (QED) is 0.610. The van der Waals surface area contributed by atoms with Crippen molar-refractivity contribution in [3.8, 4) is 0 Å². The number of carbonyl (C=O) groups excluding carboxylic acids is 1. The van der Waals surface area contributed by atoms with Gasteiger partial charge >= 0.3 is 5.97 Å². The first-order valence-electron chi connectivity index (χ1n) is 5.49. The molecule has 0 saturated heterocycles. The van der Waals surface area contributed by atoms with Crippen molar-refractivity contribution in [2.45, 2.75) is 36.7 Å². The lowest BCUT2D eigenvalue weighted by Crippen LogP contribution is -2.41. The molecular formula is C11H18N2O2S2. The van der Waals surface area contributed by atoms with Crippen LogP contribution in [0.5, 0.6) is 0 Å². The Morgan fingerprint density at radius 3 is 2.94 bits per heavy atom. The van der Waals surface area contributed by atoms with Gasteiger partial charge in [-0.3, -0.25) is 4.79 Å². The summed E-state index contributed by atoms with van der Waals surface area (Å²) in [7, 11) is 1.42. The van der Waals surface area contributed by atoms with Gasteiger partial charge in [0.15, 0.2) is 0 Å². The Hall–Kier alpha value is -0.590. The van der Waals surface area contributed by atoms with E-state index in [1.807, 2.05) is 19.2 Å². The Balaban J connectivity index is 2.35. The molecule has 1 aromatic rings. The summed E-state index contributed by atoms with van der Waals surface area (Å²) >= 11 is 3.29. The van der Waals surface area contributed by atoms with Crippen molar-refractivity contribution in [2.75, 3.05) is 12.9 Å². The molecule has 0 spiro atoms. The minimum Gasteiger partial charge on any atom is -0.468 e. The molecule has 0 aromatic carbocycles. The highest BCUT2D eigenvalue weighted by molar-refractivity contribution is 8.00. The van der Waals surface area contributed by atoms with Gasteiger partial charge < -0.3 is 10.1 Å². The summed E-state index contributed by atoms with van der Waals surface area (Å²) in [6, 6.07) is 0.0384. The number of nitrogens with zero attached hydrogens (tertiary/aromatic N) is 1. The molecule has 1 heterocycles. The van der Waals surface area contributed by atoms with Crippen molar-refractivity contribution in [1.29, 1.82) is 0 Å². The third-order valence-electron chi connectivity index (χ3n) is 2.06. The molecule has 96 valence electrons. The second-order valence-corrected chi connectivity index (χ2v) is 6.07. The van der Waals surface area contributed by atoms with E-state index in [1.54, 1.807) is 29.3 Å². The fraction of sp³-hybridized carbons (Fsp3) is 0.636. The first-order chi connectivity index (χ1) is 8.13. The van der Waals surface area contributed by atoms with Crippen molar-refractivity contribution < 1.29 is 9.53 Å². The lowest BCUT2D eigenvalue weighted by molar-refractivity contribution is -0.143. The van der Waals surface area contributed by atoms with Crippen molar-refractivity contribution in [2.24, 2.45) is 0 Å². The fourth-order valence-electron chi connectivity index (χ4n) is 1.36. The van der Waals surface area contributed by atoms with Crippen LogP contribution in [0.2, 0.25) is 0 Å². The molecule has 0 aliphatic heterocycles. The Morgan fingerprint density at radius 1 is 1.65 bits per heavy atom. The number of esters is 1. The number of thiazole rings is 1. The molecular weight excluding hydrogens is 256 g/mol. The molecule has 1 rings (SSSR count). The monoisotopic (exact) mass is 274 g/mol. The second kappa shape index (κ2) is 7.68. The third-order valence-corrected chi connectivity index (χ3v) is 4.06. The number of hydrogen-bond acceptors (Lipinski definition) is 6. The summed E-state index contributed by atoms with van der Waals surface area (Å²) in [6.45, 7) is 4.04. The van der Waals surface area contributed by atoms with E-state index in [1.165, 1.54) is 7.11 Å². The molecule has 17 heavy (non-hydrogen) atoms. The highest BCUT2D eigenvalue weighted by Gasteiger charge is 2.19. The van der Waals surface area contributed by atoms with Gasteiger partial charge in [0, 0.05) is 23.4 Å². The minimum atomic E-state index is -0.229. The van der Waals surface area contributed by atoms with Gasteiger partial charge in [0.1, 0.15) is 10.4 Å². The molecule has 1 unspecified atom stereocenters. The Morgan fingerprint density at radius 2 is 2.41 bits per heavy atom. The van der Waals surface area contributed by atoms with Gasteiger partial charge in [-0.15, -0.1) is 11.3 Å². The average Bonchev–Trinajstić information content (AvgIpc) is 2.79. The maximum absolute atomic E-state index is 11.5. The largest absolute Gasteiger partial charge is 0.468 e. The van der Waals surface area contributed by atoms with E-state index < -0.39 is 0 Å². The summed E-state index contributed by atoms with van der Waals surface area (Å²) in [5.41, 5.74) is 0. The molecule has 0 aliphatic carbocycles. The lowest BCUT2D eigenvalue weighted by Gasteiger charge is -2.18. The van der Waals surface area contributed by atoms with E-state index >= 15 is 0 Å². The normalized spacial score (nSPS) is 12.7. The van der Waals surface area contributed by atoms with Gasteiger partial charge in [0.2, 0.25) is 0 Å². The Kier molecular flexibility index (Phi) is 6.54. The van der Waals surface area contributed by atoms with Gasteiger partial charge in [-0.2, -0.15) is 0 Å². The Bertz CT molecular complexity index is 328. The number of ether oxygens (including phenoxy) is 1. The highest BCUT2D eigenvalue weighted by atomic mass is 32.2. The second-order valence-electron chi connectivity index (χ2n) is 3.83. The number of aromatic nitrogens is 1. The van der Waals surface area contributed by atoms with E-state index in [4.69, 9.17) is 4.74 Å². The van der Waals surface area contributed by atoms with Crippen molar-refractivity contribution >= 4 is 29.1 Å². The molecule has 0 amide bonds. The summed E-state index contributed by atoms with van der Waals surface area (Å²) in [5, 5.41) is 5.16. The lowest BCUT2D eigenvalue weighted by atomic mass is 10.2. The van der Waals surface area contributed by atoms with Gasteiger partial charge in [0.05, 0.1) is 7.11 Å². The summed E-state index contributed by atoms with van der Waals surface area (Å²) in [5.74, 6) is 0.658. The van der Waals surface area contributed by atoms with Crippen LogP contribution in [0.4, 0.5) is 0 Å². The fourth-order valence-corrected chi connectivity index (χ4v) is 3.07. The highest BCUT2D eigenvalue weighted by Crippen LogP contribution is 2.21. The van der Waals surface area contributed by atoms with E-state index in [2.05, 4.69) is 10.3 Å². The standard InChI is InChI=1S/C11H18N2O2S2/c1-8(2)13-9(10(14)15-3)4-6-16-11-12-5-7-17-11/h5,7-9,13H,4,6H2,1-3H3. The molecule has 1 atom stereocenters. The topological polar surface area (TPSA) is 51.2 Å². The van der Waals surface area contributed by atoms with Crippen molar-refractivity contribution in [3.63, 3.8) is 0 Å². The molecule has 6 heteroatoms.